The number of para-hydroxylation sites is 1. The van der Waals surface area contributed by atoms with E-state index in [1.807, 2.05) is 42.5 Å². The van der Waals surface area contributed by atoms with E-state index >= 15 is 0 Å². The molecule has 0 fully saturated rings. The van der Waals surface area contributed by atoms with Gasteiger partial charge in [-0.15, -0.1) is 0 Å². The lowest BCUT2D eigenvalue weighted by atomic mass is 10.0. The highest BCUT2D eigenvalue weighted by molar-refractivity contribution is 7.80. The number of anilines is 1. The lowest BCUT2D eigenvalue weighted by Crippen LogP contribution is -2.32. The molecule has 4 nitrogen and oxygen atoms in total. The predicted octanol–water partition coefficient (Wildman–Crippen LogP) is 4.79. The Hall–Kier alpha value is -1.98. The van der Waals surface area contributed by atoms with Crippen LogP contribution in [0.5, 0.6) is 11.5 Å². The maximum absolute atomic E-state index is 6.15. The normalized spacial score (nSPS) is 11.5. The number of halogens is 1. The van der Waals surface area contributed by atoms with E-state index in [2.05, 4.69) is 17.6 Å². The molecule has 0 heterocycles. The van der Waals surface area contributed by atoms with Gasteiger partial charge < -0.3 is 20.1 Å². The van der Waals surface area contributed by atoms with E-state index in [9.17, 15) is 0 Å². The molecule has 0 amide bonds. The van der Waals surface area contributed by atoms with Gasteiger partial charge >= 0.3 is 0 Å². The van der Waals surface area contributed by atoms with Gasteiger partial charge in [0.25, 0.3) is 0 Å². The molecule has 24 heavy (non-hydrogen) atoms. The number of thiocarbonyl (C=S) groups is 1. The Labute approximate surface area is 153 Å². The summed E-state index contributed by atoms with van der Waals surface area (Å²) < 4.78 is 10.6. The minimum absolute atomic E-state index is 0.0484. The van der Waals surface area contributed by atoms with Crippen LogP contribution < -0.4 is 20.1 Å². The van der Waals surface area contributed by atoms with E-state index in [-0.39, 0.29) is 6.04 Å². The molecular formula is C18H21ClN2O2S. The predicted molar refractivity (Wildman–Crippen MR) is 103 cm³/mol. The summed E-state index contributed by atoms with van der Waals surface area (Å²) in [7, 11) is 3.25. The van der Waals surface area contributed by atoms with Crippen molar-refractivity contribution in [2.24, 2.45) is 0 Å². The molecule has 0 unspecified atom stereocenters. The van der Waals surface area contributed by atoms with Crippen molar-refractivity contribution in [2.45, 2.75) is 19.4 Å². The molecule has 0 bridgehead atoms. The van der Waals surface area contributed by atoms with Crippen LogP contribution in [0.25, 0.3) is 0 Å². The number of hydrogen-bond donors (Lipinski definition) is 2. The first-order chi connectivity index (χ1) is 11.6. The molecule has 0 saturated carbocycles. The van der Waals surface area contributed by atoms with Gasteiger partial charge in [-0.1, -0.05) is 36.7 Å². The molecule has 6 heteroatoms. The summed E-state index contributed by atoms with van der Waals surface area (Å²) in [5, 5.41) is 7.59. The van der Waals surface area contributed by atoms with Gasteiger partial charge in [0, 0.05) is 0 Å². The largest absolute Gasteiger partial charge is 0.493 e. The first-order valence-electron chi connectivity index (χ1n) is 7.63. The topological polar surface area (TPSA) is 42.5 Å². The highest BCUT2D eigenvalue weighted by atomic mass is 35.5. The highest BCUT2D eigenvalue weighted by Crippen LogP contribution is 2.31. The zero-order chi connectivity index (χ0) is 17.5. The average Bonchev–Trinajstić information content (AvgIpc) is 2.61. The Morgan fingerprint density at radius 3 is 2.46 bits per heavy atom. The zero-order valence-electron chi connectivity index (χ0n) is 13.9. The monoisotopic (exact) mass is 364 g/mol. The molecular weight excluding hydrogens is 344 g/mol. The molecule has 0 radical (unpaired) electrons. The van der Waals surface area contributed by atoms with Crippen molar-refractivity contribution in [2.75, 3.05) is 19.5 Å². The van der Waals surface area contributed by atoms with Crippen LogP contribution in [-0.2, 0) is 0 Å². The summed E-state index contributed by atoms with van der Waals surface area (Å²) >= 11 is 11.6. The van der Waals surface area contributed by atoms with E-state index < -0.39 is 0 Å². The molecule has 0 spiro atoms. The summed E-state index contributed by atoms with van der Waals surface area (Å²) in [4.78, 5) is 0. The van der Waals surface area contributed by atoms with E-state index in [0.29, 0.717) is 21.6 Å². The van der Waals surface area contributed by atoms with Gasteiger partial charge in [0.15, 0.2) is 16.6 Å². The van der Waals surface area contributed by atoms with Crippen molar-refractivity contribution in [3.8, 4) is 11.5 Å². The number of rotatable bonds is 6. The van der Waals surface area contributed by atoms with Gasteiger partial charge in [-0.3, -0.25) is 0 Å². The summed E-state index contributed by atoms with van der Waals surface area (Å²) in [6.45, 7) is 2.09. The van der Waals surface area contributed by atoms with Gasteiger partial charge in [0.1, 0.15) is 0 Å². The van der Waals surface area contributed by atoms with Crippen molar-refractivity contribution in [1.29, 1.82) is 0 Å². The summed E-state index contributed by atoms with van der Waals surface area (Å²) in [5.74, 6) is 1.40. The fourth-order valence-corrected chi connectivity index (χ4v) is 2.81. The SMILES string of the molecule is CC[C@H](NC(=S)Nc1ccccc1Cl)c1ccc(OC)c(OC)c1. The first-order valence-corrected chi connectivity index (χ1v) is 8.41. The summed E-state index contributed by atoms with van der Waals surface area (Å²) in [6, 6.07) is 13.4. The highest BCUT2D eigenvalue weighted by Gasteiger charge is 2.14. The standard InChI is InChI=1S/C18H21ClN2O2S/c1-4-14(12-9-10-16(22-2)17(11-12)23-3)20-18(24)21-15-8-6-5-7-13(15)19/h5-11,14H,4H2,1-3H3,(H2,20,21,24)/t14-/m0/s1. The molecule has 0 aliphatic carbocycles. The number of ether oxygens (including phenoxy) is 2. The number of nitrogens with one attached hydrogen (secondary N) is 2. The van der Waals surface area contributed by atoms with Crippen LogP contribution in [0.1, 0.15) is 24.9 Å². The first kappa shape index (κ1) is 18.4. The van der Waals surface area contributed by atoms with Crippen LogP contribution in [0.15, 0.2) is 42.5 Å². The molecule has 2 aromatic rings. The summed E-state index contributed by atoms with van der Waals surface area (Å²) in [5.41, 5.74) is 1.84. The van der Waals surface area contributed by atoms with Crippen molar-refractivity contribution in [3.05, 3.63) is 53.1 Å². The smallest absolute Gasteiger partial charge is 0.171 e. The molecule has 2 N–H and O–H groups in total. The molecule has 2 rings (SSSR count). The molecule has 1 atom stereocenters. The van der Waals surface area contributed by atoms with Gasteiger partial charge in [-0.25, -0.2) is 0 Å². The van der Waals surface area contributed by atoms with Crippen LogP contribution in [0.4, 0.5) is 5.69 Å². The van der Waals surface area contributed by atoms with Crippen LogP contribution in [-0.4, -0.2) is 19.3 Å². The lowest BCUT2D eigenvalue weighted by molar-refractivity contribution is 0.354. The van der Waals surface area contributed by atoms with E-state index in [4.69, 9.17) is 33.3 Å². The molecule has 0 aromatic heterocycles. The van der Waals surface area contributed by atoms with Crippen molar-refractivity contribution < 1.29 is 9.47 Å². The van der Waals surface area contributed by atoms with Gasteiger partial charge in [0.2, 0.25) is 0 Å². The van der Waals surface area contributed by atoms with Crippen LogP contribution in [0.3, 0.4) is 0 Å². The molecule has 128 valence electrons. The number of hydrogen-bond acceptors (Lipinski definition) is 3. The quantitative estimate of drug-likeness (QED) is 0.721. The number of methoxy groups -OCH3 is 2. The Balaban J connectivity index is 2.11. The zero-order valence-corrected chi connectivity index (χ0v) is 15.5. The third-order valence-corrected chi connectivity index (χ3v) is 4.20. The number of benzene rings is 2. The fourth-order valence-electron chi connectivity index (χ4n) is 2.37. The van der Waals surface area contributed by atoms with E-state index in [0.717, 1.165) is 17.7 Å². The second-order valence-corrected chi connectivity index (χ2v) is 5.97. The fraction of sp³-hybridized carbons (Fsp3) is 0.278. The second kappa shape index (κ2) is 8.76. The maximum Gasteiger partial charge on any atom is 0.171 e. The Kier molecular flexibility index (Phi) is 6.70. The van der Waals surface area contributed by atoms with Gasteiger partial charge in [-0.2, -0.15) is 0 Å². The third kappa shape index (κ3) is 4.52. The molecule has 2 aromatic carbocycles. The molecule has 0 aliphatic heterocycles. The van der Waals surface area contributed by atoms with E-state index in [1.54, 1.807) is 14.2 Å². The van der Waals surface area contributed by atoms with Gasteiger partial charge in [0.05, 0.1) is 31.0 Å². The molecule has 0 saturated heterocycles. The van der Waals surface area contributed by atoms with Crippen molar-refractivity contribution in [1.82, 2.24) is 5.32 Å². The second-order valence-electron chi connectivity index (χ2n) is 5.15. The Bertz CT molecular complexity index is 709. The van der Waals surface area contributed by atoms with E-state index in [1.165, 1.54) is 0 Å². The minimum atomic E-state index is 0.0484. The van der Waals surface area contributed by atoms with Crippen LogP contribution >= 0.6 is 23.8 Å². The Morgan fingerprint density at radius 2 is 1.83 bits per heavy atom. The van der Waals surface area contributed by atoms with Crippen LogP contribution in [0, 0.1) is 0 Å². The third-order valence-electron chi connectivity index (χ3n) is 3.65. The van der Waals surface area contributed by atoms with Crippen molar-refractivity contribution >= 4 is 34.6 Å². The average molecular weight is 365 g/mol. The van der Waals surface area contributed by atoms with Crippen molar-refractivity contribution in [3.63, 3.8) is 0 Å². The maximum atomic E-state index is 6.15. The van der Waals surface area contributed by atoms with Gasteiger partial charge in [-0.05, 0) is 48.5 Å². The Morgan fingerprint density at radius 1 is 1.12 bits per heavy atom. The molecule has 0 aliphatic rings. The summed E-state index contributed by atoms with van der Waals surface area (Å²) in [6.07, 6.45) is 0.861. The van der Waals surface area contributed by atoms with Crippen LogP contribution in [0.2, 0.25) is 5.02 Å². The lowest BCUT2D eigenvalue weighted by Gasteiger charge is -2.21. The minimum Gasteiger partial charge on any atom is -0.493 e.